The SMILES string of the molecule is CCCCC(=O)NC(CC(=O)O)C(=O)O. The van der Waals surface area contributed by atoms with E-state index in [9.17, 15) is 14.4 Å². The predicted molar refractivity (Wildman–Crippen MR) is 51.3 cm³/mol. The molecule has 0 bridgehead atoms. The van der Waals surface area contributed by atoms with Gasteiger partial charge in [-0.25, -0.2) is 4.79 Å². The minimum atomic E-state index is -1.34. The lowest BCUT2D eigenvalue weighted by molar-refractivity contribution is -0.147. The first-order valence-corrected chi connectivity index (χ1v) is 4.71. The van der Waals surface area contributed by atoms with Gasteiger partial charge in [0.25, 0.3) is 0 Å². The predicted octanol–water partition coefficient (Wildman–Crippen LogP) is 0.221. The molecule has 6 nitrogen and oxygen atoms in total. The minimum Gasteiger partial charge on any atom is -0.481 e. The molecule has 0 aliphatic carbocycles. The van der Waals surface area contributed by atoms with E-state index in [4.69, 9.17) is 10.2 Å². The second-order valence-corrected chi connectivity index (χ2v) is 3.16. The van der Waals surface area contributed by atoms with Gasteiger partial charge in [0.15, 0.2) is 0 Å². The van der Waals surface area contributed by atoms with E-state index in [-0.39, 0.29) is 6.42 Å². The van der Waals surface area contributed by atoms with Gasteiger partial charge in [0.1, 0.15) is 6.04 Å². The Morgan fingerprint density at radius 2 is 1.87 bits per heavy atom. The largest absolute Gasteiger partial charge is 0.481 e. The number of rotatable bonds is 7. The van der Waals surface area contributed by atoms with Gasteiger partial charge < -0.3 is 15.5 Å². The molecule has 0 fully saturated rings. The van der Waals surface area contributed by atoms with Crippen LogP contribution in [0.5, 0.6) is 0 Å². The maximum absolute atomic E-state index is 11.1. The third kappa shape index (κ3) is 6.48. The highest BCUT2D eigenvalue weighted by atomic mass is 16.4. The molecule has 3 N–H and O–H groups in total. The molecule has 0 heterocycles. The Morgan fingerprint density at radius 3 is 2.27 bits per heavy atom. The Labute approximate surface area is 87.3 Å². The van der Waals surface area contributed by atoms with Crippen LogP contribution in [-0.4, -0.2) is 34.1 Å². The molecule has 0 aromatic heterocycles. The van der Waals surface area contributed by atoms with Gasteiger partial charge in [0, 0.05) is 6.42 Å². The first-order chi connectivity index (χ1) is 6.97. The topological polar surface area (TPSA) is 104 Å². The van der Waals surface area contributed by atoms with Crippen LogP contribution in [0.25, 0.3) is 0 Å². The first-order valence-electron chi connectivity index (χ1n) is 4.71. The number of carboxylic acid groups (broad SMARTS) is 2. The van der Waals surface area contributed by atoms with Crippen LogP contribution in [-0.2, 0) is 14.4 Å². The van der Waals surface area contributed by atoms with E-state index in [0.717, 1.165) is 6.42 Å². The summed E-state index contributed by atoms with van der Waals surface area (Å²) < 4.78 is 0. The molecule has 1 amide bonds. The van der Waals surface area contributed by atoms with Crippen LogP contribution in [0, 0.1) is 0 Å². The van der Waals surface area contributed by atoms with Crippen molar-refractivity contribution in [3.8, 4) is 0 Å². The minimum absolute atomic E-state index is 0.222. The lowest BCUT2D eigenvalue weighted by Gasteiger charge is -2.11. The molecule has 0 aliphatic heterocycles. The van der Waals surface area contributed by atoms with E-state index < -0.39 is 30.3 Å². The molecule has 0 rings (SSSR count). The number of hydrogen-bond donors (Lipinski definition) is 3. The molecule has 0 saturated carbocycles. The highest BCUT2D eigenvalue weighted by molar-refractivity contribution is 5.86. The Kier molecular flexibility index (Phi) is 6.08. The number of carbonyl (C=O) groups is 3. The van der Waals surface area contributed by atoms with Crippen molar-refractivity contribution < 1.29 is 24.6 Å². The Balaban J connectivity index is 4.10. The Bertz CT molecular complexity index is 251. The van der Waals surface area contributed by atoms with E-state index in [2.05, 4.69) is 5.32 Å². The second-order valence-electron chi connectivity index (χ2n) is 3.16. The van der Waals surface area contributed by atoms with Gasteiger partial charge in [0.2, 0.25) is 5.91 Å². The number of unbranched alkanes of at least 4 members (excludes halogenated alkanes) is 1. The number of carboxylic acids is 2. The molecule has 0 spiro atoms. The fourth-order valence-electron chi connectivity index (χ4n) is 0.979. The fourth-order valence-corrected chi connectivity index (χ4v) is 0.979. The highest BCUT2D eigenvalue weighted by Gasteiger charge is 2.22. The van der Waals surface area contributed by atoms with Gasteiger partial charge >= 0.3 is 11.9 Å². The third-order valence-corrected chi connectivity index (χ3v) is 1.77. The van der Waals surface area contributed by atoms with Crippen molar-refractivity contribution in [3.63, 3.8) is 0 Å². The molecule has 15 heavy (non-hydrogen) atoms. The maximum atomic E-state index is 11.1. The average Bonchev–Trinajstić information content (AvgIpc) is 2.12. The maximum Gasteiger partial charge on any atom is 0.326 e. The summed E-state index contributed by atoms with van der Waals surface area (Å²) >= 11 is 0. The van der Waals surface area contributed by atoms with Crippen molar-refractivity contribution in [3.05, 3.63) is 0 Å². The van der Waals surface area contributed by atoms with Crippen LogP contribution in [0.15, 0.2) is 0 Å². The molecule has 0 aliphatic rings. The number of nitrogens with one attached hydrogen (secondary N) is 1. The summed E-state index contributed by atoms with van der Waals surface area (Å²) in [7, 11) is 0. The van der Waals surface area contributed by atoms with Crippen molar-refractivity contribution in [2.45, 2.75) is 38.6 Å². The molecular formula is C9H15NO5. The van der Waals surface area contributed by atoms with Crippen molar-refractivity contribution >= 4 is 17.8 Å². The zero-order valence-electron chi connectivity index (χ0n) is 8.52. The zero-order valence-corrected chi connectivity index (χ0v) is 8.52. The number of carbonyl (C=O) groups excluding carboxylic acids is 1. The molecule has 1 atom stereocenters. The monoisotopic (exact) mass is 217 g/mol. The molecule has 1 unspecified atom stereocenters. The number of hydrogen-bond acceptors (Lipinski definition) is 3. The van der Waals surface area contributed by atoms with Crippen LogP contribution in [0.3, 0.4) is 0 Å². The summed E-state index contributed by atoms with van der Waals surface area (Å²) in [6, 6.07) is -1.34. The van der Waals surface area contributed by atoms with Gasteiger partial charge in [-0.15, -0.1) is 0 Å². The number of amides is 1. The van der Waals surface area contributed by atoms with Crippen molar-refractivity contribution in [1.29, 1.82) is 0 Å². The van der Waals surface area contributed by atoms with Gasteiger partial charge in [0.05, 0.1) is 6.42 Å². The van der Waals surface area contributed by atoms with E-state index in [0.29, 0.717) is 6.42 Å². The second kappa shape index (κ2) is 6.80. The third-order valence-electron chi connectivity index (χ3n) is 1.77. The summed E-state index contributed by atoms with van der Waals surface area (Å²) in [6.07, 6.45) is 1.10. The van der Waals surface area contributed by atoms with Crippen LogP contribution >= 0.6 is 0 Å². The average molecular weight is 217 g/mol. The molecule has 0 saturated heterocycles. The van der Waals surface area contributed by atoms with E-state index in [1.165, 1.54) is 0 Å². The molecule has 0 radical (unpaired) electrons. The van der Waals surface area contributed by atoms with Crippen LogP contribution < -0.4 is 5.32 Å². The first kappa shape index (κ1) is 13.4. The van der Waals surface area contributed by atoms with Gasteiger partial charge in [-0.1, -0.05) is 13.3 Å². The van der Waals surface area contributed by atoms with Gasteiger partial charge in [-0.2, -0.15) is 0 Å². The Hall–Kier alpha value is -1.59. The summed E-state index contributed by atoms with van der Waals surface area (Å²) in [5.41, 5.74) is 0. The molecular weight excluding hydrogens is 202 g/mol. The van der Waals surface area contributed by atoms with E-state index in [1.807, 2.05) is 6.92 Å². The summed E-state index contributed by atoms with van der Waals surface area (Å²) in [6.45, 7) is 1.90. The van der Waals surface area contributed by atoms with Crippen LogP contribution in [0.4, 0.5) is 0 Å². The zero-order chi connectivity index (χ0) is 11.8. The summed E-state index contributed by atoms with van der Waals surface area (Å²) in [5.74, 6) is -3.01. The number of aliphatic carboxylic acids is 2. The lowest BCUT2D eigenvalue weighted by atomic mass is 10.2. The van der Waals surface area contributed by atoms with E-state index in [1.54, 1.807) is 0 Å². The molecule has 0 aromatic carbocycles. The lowest BCUT2D eigenvalue weighted by Crippen LogP contribution is -2.42. The standard InChI is InChI=1S/C9H15NO5/c1-2-3-4-7(11)10-6(9(14)15)5-8(12)13/h6H,2-5H2,1H3,(H,10,11)(H,12,13)(H,14,15). The molecule has 0 aromatic rings. The Morgan fingerprint density at radius 1 is 1.27 bits per heavy atom. The summed E-state index contributed by atoms with van der Waals surface area (Å²) in [4.78, 5) is 32.0. The molecule has 86 valence electrons. The smallest absolute Gasteiger partial charge is 0.326 e. The van der Waals surface area contributed by atoms with Crippen molar-refractivity contribution in [1.82, 2.24) is 5.32 Å². The van der Waals surface area contributed by atoms with Crippen molar-refractivity contribution in [2.75, 3.05) is 0 Å². The van der Waals surface area contributed by atoms with Crippen molar-refractivity contribution in [2.24, 2.45) is 0 Å². The van der Waals surface area contributed by atoms with Crippen LogP contribution in [0.2, 0.25) is 0 Å². The fraction of sp³-hybridized carbons (Fsp3) is 0.667. The van der Waals surface area contributed by atoms with E-state index >= 15 is 0 Å². The molecule has 6 heteroatoms. The quantitative estimate of drug-likeness (QED) is 0.566. The normalized spacial score (nSPS) is 11.8. The van der Waals surface area contributed by atoms with Gasteiger partial charge in [-0.3, -0.25) is 9.59 Å². The van der Waals surface area contributed by atoms with Crippen LogP contribution in [0.1, 0.15) is 32.6 Å². The summed E-state index contributed by atoms with van der Waals surface area (Å²) in [5, 5.41) is 19.2. The highest BCUT2D eigenvalue weighted by Crippen LogP contribution is 1.97. The van der Waals surface area contributed by atoms with Gasteiger partial charge in [-0.05, 0) is 6.42 Å².